The van der Waals surface area contributed by atoms with Crippen molar-refractivity contribution in [1.82, 2.24) is 4.98 Å². The number of aromatic nitrogens is 1. The van der Waals surface area contributed by atoms with Gasteiger partial charge in [-0.2, -0.15) is 13.2 Å². The van der Waals surface area contributed by atoms with Crippen LogP contribution >= 0.6 is 0 Å². The fraction of sp³-hybridized carbons (Fsp3) is 0.312. The van der Waals surface area contributed by atoms with Crippen molar-refractivity contribution in [1.29, 1.82) is 0 Å². The Labute approximate surface area is 132 Å². The largest absolute Gasteiger partial charge is 0.497 e. The molecule has 0 aliphatic carbocycles. The number of alkyl halides is 3. The molecule has 0 fully saturated rings. The van der Waals surface area contributed by atoms with Crippen LogP contribution in [0.15, 0.2) is 42.6 Å². The highest BCUT2D eigenvalue weighted by molar-refractivity contribution is 5.45. The number of hydrogen-bond acceptors (Lipinski definition) is 4. The van der Waals surface area contributed by atoms with Crippen LogP contribution in [0, 0.1) is 0 Å². The van der Waals surface area contributed by atoms with Gasteiger partial charge in [0, 0.05) is 6.20 Å². The van der Waals surface area contributed by atoms with E-state index < -0.39 is 11.7 Å². The van der Waals surface area contributed by atoms with E-state index in [-0.39, 0.29) is 18.5 Å². The molecule has 1 atom stereocenters. The third-order valence-corrected chi connectivity index (χ3v) is 3.07. The van der Waals surface area contributed by atoms with Crippen LogP contribution < -0.4 is 14.8 Å². The minimum atomic E-state index is -4.45. The number of rotatable bonds is 6. The predicted octanol–water partition coefficient (Wildman–Crippen LogP) is 3.99. The summed E-state index contributed by atoms with van der Waals surface area (Å²) in [4.78, 5) is 3.74. The molecule has 0 aliphatic heterocycles. The van der Waals surface area contributed by atoms with E-state index in [0.29, 0.717) is 11.5 Å². The fourth-order valence-electron chi connectivity index (χ4n) is 1.94. The highest BCUT2D eigenvalue weighted by Gasteiger charge is 2.34. The Kier molecular flexibility index (Phi) is 5.31. The Hall–Kier alpha value is -2.44. The van der Waals surface area contributed by atoms with Crippen LogP contribution in [0.5, 0.6) is 11.5 Å². The first-order chi connectivity index (χ1) is 10.9. The molecule has 1 heterocycles. The molecule has 124 valence electrons. The Morgan fingerprint density at radius 2 is 1.78 bits per heavy atom. The van der Waals surface area contributed by atoms with Gasteiger partial charge >= 0.3 is 6.18 Å². The van der Waals surface area contributed by atoms with Crippen LogP contribution in [-0.4, -0.2) is 24.7 Å². The van der Waals surface area contributed by atoms with Crippen molar-refractivity contribution >= 4 is 5.82 Å². The lowest BCUT2D eigenvalue weighted by molar-refractivity contribution is -0.137. The molecule has 4 nitrogen and oxygen atoms in total. The van der Waals surface area contributed by atoms with Crippen molar-refractivity contribution in [3.05, 3.63) is 48.2 Å². The van der Waals surface area contributed by atoms with E-state index in [1.54, 1.807) is 38.3 Å². The summed E-state index contributed by atoms with van der Waals surface area (Å²) in [6.45, 7) is 1.94. The lowest BCUT2D eigenvalue weighted by Crippen LogP contribution is -2.24. The quantitative estimate of drug-likeness (QED) is 0.872. The molecule has 0 aliphatic rings. The molecule has 1 N–H and O–H groups in total. The number of pyridine rings is 1. The van der Waals surface area contributed by atoms with Crippen LogP contribution in [-0.2, 0) is 6.18 Å². The zero-order valence-electron chi connectivity index (χ0n) is 12.7. The summed E-state index contributed by atoms with van der Waals surface area (Å²) in [5, 5.41) is 2.68. The highest BCUT2D eigenvalue weighted by Crippen LogP contribution is 2.33. The summed E-state index contributed by atoms with van der Waals surface area (Å²) in [5.74, 6) is 1.11. The van der Waals surface area contributed by atoms with Crippen molar-refractivity contribution in [2.24, 2.45) is 0 Å². The number of hydrogen-bond donors (Lipinski definition) is 1. The highest BCUT2D eigenvalue weighted by atomic mass is 19.4. The molecule has 1 aromatic carbocycles. The monoisotopic (exact) mass is 326 g/mol. The van der Waals surface area contributed by atoms with Gasteiger partial charge in [0.2, 0.25) is 0 Å². The molecule has 1 unspecified atom stereocenters. The van der Waals surface area contributed by atoms with E-state index in [9.17, 15) is 13.2 Å². The zero-order chi connectivity index (χ0) is 16.9. The summed E-state index contributed by atoms with van der Waals surface area (Å²) < 4.78 is 49.3. The number of methoxy groups -OCH3 is 1. The van der Waals surface area contributed by atoms with Gasteiger partial charge in [0.1, 0.15) is 23.4 Å². The molecule has 0 saturated heterocycles. The lowest BCUT2D eigenvalue weighted by atomic mass is 10.2. The summed E-state index contributed by atoms with van der Waals surface area (Å²) in [5.41, 5.74) is -0.795. The van der Waals surface area contributed by atoms with Gasteiger partial charge in [-0.15, -0.1) is 0 Å². The Morgan fingerprint density at radius 3 is 2.39 bits per heavy atom. The van der Waals surface area contributed by atoms with E-state index in [1.807, 2.05) is 0 Å². The van der Waals surface area contributed by atoms with Crippen molar-refractivity contribution in [2.75, 3.05) is 19.0 Å². The smallest absolute Gasteiger partial charge is 0.419 e. The number of benzene rings is 1. The topological polar surface area (TPSA) is 43.4 Å². The van der Waals surface area contributed by atoms with E-state index in [4.69, 9.17) is 9.47 Å². The predicted molar refractivity (Wildman–Crippen MR) is 80.8 cm³/mol. The number of halogens is 3. The molecule has 0 radical (unpaired) electrons. The van der Waals surface area contributed by atoms with Gasteiger partial charge in [-0.1, -0.05) is 0 Å². The van der Waals surface area contributed by atoms with Crippen molar-refractivity contribution < 1.29 is 22.6 Å². The Bertz CT molecular complexity index is 630. The first-order valence-electron chi connectivity index (χ1n) is 6.97. The van der Waals surface area contributed by atoms with Crippen LogP contribution in [0.25, 0.3) is 0 Å². The van der Waals surface area contributed by atoms with Gasteiger partial charge in [-0.25, -0.2) is 4.98 Å². The molecular formula is C16H17F3N2O2. The molecule has 1 aromatic heterocycles. The van der Waals surface area contributed by atoms with E-state index in [0.717, 1.165) is 6.07 Å². The van der Waals surface area contributed by atoms with E-state index in [2.05, 4.69) is 10.3 Å². The summed E-state index contributed by atoms with van der Waals surface area (Å²) in [6, 6.07) is 9.20. The first-order valence-corrected chi connectivity index (χ1v) is 6.97. The third kappa shape index (κ3) is 4.77. The third-order valence-electron chi connectivity index (χ3n) is 3.07. The van der Waals surface area contributed by atoms with Crippen LogP contribution in [0.3, 0.4) is 0 Å². The molecule has 23 heavy (non-hydrogen) atoms. The van der Waals surface area contributed by atoms with Crippen LogP contribution in [0.4, 0.5) is 19.0 Å². The van der Waals surface area contributed by atoms with Crippen molar-refractivity contribution in [3.8, 4) is 11.5 Å². The molecule has 0 amide bonds. The molecule has 7 heteroatoms. The fourth-order valence-corrected chi connectivity index (χ4v) is 1.94. The SMILES string of the molecule is COc1ccc(OC(C)CNc2ncccc2C(F)(F)F)cc1. The van der Waals surface area contributed by atoms with Crippen LogP contribution in [0.2, 0.25) is 0 Å². The Balaban J connectivity index is 1.95. The average Bonchev–Trinajstić information content (AvgIpc) is 2.53. The van der Waals surface area contributed by atoms with Gasteiger partial charge in [0.25, 0.3) is 0 Å². The normalized spacial score (nSPS) is 12.6. The molecule has 2 rings (SSSR count). The van der Waals surface area contributed by atoms with Gasteiger partial charge in [-0.3, -0.25) is 0 Å². The van der Waals surface area contributed by atoms with Gasteiger partial charge in [0.05, 0.1) is 19.2 Å². The van der Waals surface area contributed by atoms with E-state index >= 15 is 0 Å². The van der Waals surface area contributed by atoms with Gasteiger partial charge in [0.15, 0.2) is 0 Å². The van der Waals surface area contributed by atoms with Crippen LogP contribution in [0.1, 0.15) is 12.5 Å². The lowest BCUT2D eigenvalue weighted by Gasteiger charge is -2.18. The zero-order valence-corrected chi connectivity index (χ0v) is 12.7. The van der Waals surface area contributed by atoms with Crippen molar-refractivity contribution in [3.63, 3.8) is 0 Å². The summed E-state index contributed by atoms with van der Waals surface area (Å²) >= 11 is 0. The molecular weight excluding hydrogens is 309 g/mol. The van der Waals surface area contributed by atoms with Crippen molar-refractivity contribution in [2.45, 2.75) is 19.2 Å². The first kappa shape index (κ1) is 16.9. The second-order valence-electron chi connectivity index (χ2n) is 4.88. The van der Waals surface area contributed by atoms with Gasteiger partial charge < -0.3 is 14.8 Å². The Morgan fingerprint density at radius 1 is 1.13 bits per heavy atom. The average molecular weight is 326 g/mol. The summed E-state index contributed by atoms with van der Waals surface area (Å²) in [6.07, 6.45) is -3.48. The molecule has 0 spiro atoms. The number of nitrogens with zero attached hydrogens (tertiary/aromatic N) is 1. The molecule has 2 aromatic rings. The number of nitrogens with one attached hydrogen (secondary N) is 1. The second kappa shape index (κ2) is 7.21. The minimum absolute atomic E-state index is 0.187. The standard InChI is InChI=1S/C16H17F3N2O2/c1-11(23-13-7-5-12(22-2)6-8-13)10-21-15-14(16(17,18)19)4-3-9-20-15/h3-9,11H,10H2,1-2H3,(H,20,21). The van der Waals surface area contributed by atoms with Gasteiger partial charge in [-0.05, 0) is 43.3 Å². The molecule has 0 bridgehead atoms. The summed E-state index contributed by atoms with van der Waals surface area (Å²) in [7, 11) is 1.56. The number of anilines is 1. The maximum Gasteiger partial charge on any atom is 0.419 e. The molecule has 0 saturated carbocycles. The van der Waals surface area contributed by atoms with E-state index in [1.165, 1.54) is 12.3 Å². The number of ether oxygens (including phenoxy) is 2. The maximum absolute atomic E-state index is 12.9. The second-order valence-corrected chi connectivity index (χ2v) is 4.88. The minimum Gasteiger partial charge on any atom is -0.497 e. The maximum atomic E-state index is 12.9.